The predicted octanol–water partition coefficient (Wildman–Crippen LogP) is -1.56. The molecule has 0 aliphatic heterocycles. The number of hydrogen-bond donors (Lipinski definition) is 2. The predicted molar refractivity (Wildman–Crippen MR) is 52.1 cm³/mol. The van der Waals surface area contributed by atoms with Crippen LogP contribution >= 0.6 is 0 Å². The van der Waals surface area contributed by atoms with Gasteiger partial charge in [0, 0.05) is 5.97 Å². The molecule has 0 heterocycles. The summed E-state index contributed by atoms with van der Waals surface area (Å²) in [4.78, 5) is 21.1. The van der Waals surface area contributed by atoms with E-state index in [1.54, 1.807) is 6.92 Å². The van der Waals surface area contributed by atoms with Crippen LogP contribution in [0.25, 0.3) is 0 Å². The average Bonchev–Trinajstić information content (AvgIpc) is 2.29. The third kappa shape index (κ3) is 5.09. The van der Waals surface area contributed by atoms with Crippen molar-refractivity contribution in [3.8, 4) is 0 Å². The first-order valence-corrected chi connectivity index (χ1v) is 5.07. The number of carboxylic acids is 1. The Labute approximate surface area is 93.8 Å². The molecule has 0 spiro atoms. The molecule has 0 saturated heterocycles. The lowest BCUT2D eigenvalue weighted by Crippen LogP contribution is -2.35. The lowest BCUT2D eigenvalue weighted by atomic mass is 9.88. The number of ether oxygens (including phenoxy) is 1. The van der Waals surface area contributed by atoms with Crippen LogP contribution in [0, 0.1) is 5.41 Å². The summed E-state index contributed by atoms with van der Waals surface area (Å²) in [5.74, 6) is -1.99. The zero-order valence-electron chi connectivity index (χ0n) is 9.27. The van der Waals surface area contributed by atoms with Crippen molar-refractivity contribution in [2.75, 3.05) is 19.8 Å². The van der Waals surface area contributed by atoms with Crippen LogP contribution in [0.2, 0.25) is 0 Å². The fourth-order valence-corrected chi connectivity index (χ4v) is 0.977. The Kier molecular flexibility index (Phi) is 6.67. The number of carbonyl (C=O) groups excluding carboxylic acids is 2. The minimum Gasteiger partial charge on any atom is -0.550 e. The highest BCUT2D eigenvalue weighted by molar-refractivity contribution is 5.75. The zero-order chi connectivity index (χ0) is 12.6. The van der Waals surface area contributed by atoms with E-state index in [0.717, 1.165) is 0 Å². The van der Waals surface area contributed by atoms with Crippen LogP contribution < -0.4 is 5.11 Å². The number of aliphatic hydroxyl groups is 2. The fourth-order valence-electron chi connectivity index (χ4n) is 0.977. The number of hydrogen-bond acceptors (Lipinski definition) is 6. The molecule has 2 N–H and O–H groups in total. The van der Waals surface area contributed by atoms with Crippen molar-refractivity contribution in [2.45, 2.75) is 26.2 Å². The molecular formula is C10H17O6-. The van der Waals surface area contributed by atoms with E-state index in [-0.39, 0.29) is 26.2 Å². The Hall–Kier alpha value is -1.14. The quantitative estimate of drug-likeness (QED) is 0.491. The van der Waals surface area contributed by atoms with Crippen LogP contribution in [0.1, 0.15) is 26.2 Å². The van der Waals surface area contributed by atoms with Gasteiger partial charge in [-0.2, -0.15) is 0 Å². The molecule has 16 heavy (non-hydrogen) atoms. The van der Waals surface area contributed by atoms with Crippen LogP contribution in [0.4, 0.5) is 0 Å². The van der Waals surface area contributed by atoms with Gasteiger partial charge in [0.2, 0.25) is 0 Å². The summed E-state index contributed by atoms with van der Waals surface area (Å²) < 4.78 is 4.78. The largest absolute Gasteiger partial charge is 0.550 e. The molecule has 0 aromatic heterocycles. The van der Waals surface area contributed by atoms with E-state index < -0.39 is 23.8 Å². The van der Waals surface area contributed by atoms with Gasteiger partial charge in [0.05, 0.1) is 25.0 Å². The molecule has 0 radical (unpaired) electrons. The summed E-state index contributed by atoms with van der Waals surface area (Å²) >= 11 is 0. The Morgan fingerprint density at radius 1 is 1.25 bits per heavy atom. The summed E-state index contributed by atoms with van der Waals surface area (Å²) in [6.07, 6.45) is -0.205. The van der Waals surface area contributed by atoms with E-state index in [1.165, 1.54) is 0 Å². The highest BCUT2D eigenvalue weighted by Crippen LogP contribution is 2.20. The number of aliphatic carboxylic acids is 1. The maximum atomic E-state index is 11.1. The second kappa shape index (κ2) is 7.19. The van der Waals surface area contributed by atoms with Gasteiger partial charge in [-0.25, -0.2) is 0 Å². The van der Waals surface area contributed by atoms with Crippen LogP contribution in [-0.4, -0.2) is 42.0 Å². The molecule has 0 aromatic rings. The van der Waals surface area contributed by atoms with Crippen LogP contribution in [0.3, 0.4) is 0 Å². The van der Waals surface area contributed by atoms with E-state index >= 15 is 0 Å². The van der Waals surface area contributed by atoms with Crippen LogP contribution in [0.5, 0.6) is 0 Å². The first-order valence-electron chi connectivity index (χ1n) is 5.07. The fraction of sp³-hybridized carbons (Fsp3) is 0.800. The van der Waals surface area contributed by atoms with Gasteiger partial charge in [-0.1, -0.05) is 6.92 Å². The van der Waals surface area contributed by atoms with Crippen molar-refractivity contribution in [3.63, 3.8) is 0 Å². The molecule has 6 heteroatoms. The van der Waals surface area contributed by atoms with Crippen molar-refractivity contribution < 1.29 is 29.6 Å². The molecule has 0 fully saturated rings. The van der Waals surface area contributed by atoms with E-state index in [1.807, 2.05) is 0 Å². The van der Waals surface area contributed by atoms with E-state index in [0.29, 0.717) is 6.42 Å². The first kappa shape index (κ1) is 14.9. The summed E-state index contributed by atoms with van der Waals surface area (Å²) in [5.41, 5.74) is -0.850. The van der Waals surface area contributed by atoms with Crippen LogP contribution in [0.15, 0.2) is 0 Å². The molecule has 0 atom stereocenters. The standard InChI is InChI=1S/C10H18O6/c1-2-10(5-11,6-12)7-16-9(15)4-3-8(13)14/h11-12H,2-7H2,1H3,(H,13,14)/p-1. The molecule has 0 unspecified atom stereocenters. The van der Waals surface area contributed by atoms with Crippen molar-refractivity contribution in [1.29, 1.82) is 0 Å². The number of esters is 1. The lowest BCUT2D eigenvalue weighted by Gasteiger charge is -2.27. The first-order chi connectivity index (χ1) is 7.49. The molecule has 0 amide bonds. The molecule has 0 aromatic carbocycles. The second-order valence-corrected chi connectivity index (χ2v) is 3.70. The smallest absolute Gasteiger partial charge is 0.306 e. The highest BCUT2D eigenvalue weighted by Gasteiger charge is 2.28. The Morgan fingerprint density at radius 2 is 1.81 bits per heavy atom. The summed E-state index contributed by atoms with van der Waals surface area (Å²) in [5, 5.41) is 28.2. The summed E-state index contributed by atoms with van der Waals surface area (Å²) in [7, 11) is 0. The van der Waals surface area contributed by atoms with E-state index in [9.17, 15) is 14.7 Å². The lowest BCUT2D eigenvalue weighted by molar-refractivity contribution is -0.305. The Balaban J connectivity index is 4.01. The van der Waals surface area contributed by atoms with E-state index in [2.05, 4.69) is 0 Å². The topological polar surface area (TPSA) is 107 Å². The number of carbonyl (C=O) groups is 2. The highest BCUT2D eigenvalue weighted by atomic mass is 16.5. The maximum absolute atomic E-state index is 11.1. The maximum Gasteiger partial charge on any atom is 0.306 e. The summed E-state index contributed by atoms with van der Waals surface area (Å²) in [6.45, 7) is 1.03. The second-order valence-electron chi connectivity index (χ2n) is 3.70. The normalized spacial score (nSPS) is 11.2. The third-order valence-corrected chi connectivity index (χ3v) is 2.49. The van der Waals surface area contributed by atoms with Gasteiger partial charge in [-0.05, 0) is 12.8 Å². The molecule has 0 rings (SSSR count). The minimum absolute atomic E-state index is 0.123. The Bertz CT molecular complexity index is 225. The van der Waals surface area contributed by atoms with Gasteiger partial charge in [0.25, 0.3) is 0 Å². The number of carboxylic acid groups (broad SMARTS) is 1. The molecule has 0 aliphatic rings. The van der Waals surface area contributed by atoms with Crippen molar-refractivity contribution in [3.05, 3.63) is 0 Å². The van der Waals surface area contributed by atoms with Gasteiger partial charge in [-0.3, -0.25) is 4.79 Å². The molecular weight excluding hydrogens is 216 g/mol. The average molecular weight is 233 g/mol. The van der Waals surface area contributed by atoms with Gasteiger partial charge < -0.3 is 24.9 Å². The van der Waals surface area contributed by atoms with Gasteiger partial charge in [0.15, 0.2) is 0 Å². The van der Waals surface area contributed by atoms with Crippen molar-refractivity contribution >= 4 is 11.9 Å². The van der Waals surface area contributed by atoms with Gasteiger partial charge in [0.1, 0.15) is 6.61 Å². The Morgan fingerprint density at radius 3 is 2.19 bits per heavy atom. The molecule has 0 aliphatic carbocycles. The zero-order valence-corrected chi connectivity index (χ0v) is 9.27. The summed E-state index contributed by atoms with van der Waals surface area (Å²) in [6, 6.07) is 0. The monoisotopic (exact) mass is 233 g/mol. The van der Waals surface area contributed by atoms with Gasteiger partial charge >= 0.3 is 5.97 Å². The SMILES string of the molecule is CCC(CO)(CO)COC(=O)CCC(=O)[O-]. The number of aliphatic hydroxyl groups excluding tert-OH is 2. The van der Waals surface area contributed by atoms with Crippen molar-refractivity contribution in [2.24, 2.45) is 5.41 Å². The molecule has 6 nitrogen and oxygen atoms in total. The molecule has 0 saturated carbocycles. The molecule has 94 valence electrons. The van der Waals surface area contributed by atoms with Crippen LogP contribution in [-0.2, 0) is 14.3 Å². The minimum atomic E-state index is -1.32. The van der Waals surface area contributed by atoms with Gasteiger partial charge in [-0.15, -0.1) is 0 Å². The van der Waals surface area contributed by atoms with Crippen molar-refractivity contribution in [1.82, 2.24) is 0 Å². The third-order valence-electron chi connectivity index (χ3n) is 2.49. The van der Waals surface area contributed by atoms with E-state index in [4.69, 9.17) is 14.9 Å². The number of rotatable bonds is 8. The molecule has 0 bridgehead atoms.